The van der Waals surface area contributed by atoms with Gasteiger partial charge in [0.2, 0.25) is 5.91 Å². The minimum absolute atomic E-state index is 0.0789. The van der Waals surface area contributed by atoms with Gasteiger partial charge in [-0.15, -0.1) is 0 Å². The number of rotatable bonds is 10. The molecule has 0 fully saturated rings. The quantitative estimate of drug-likeness (QED) is 0.500. The van der Waals surface area contributed by atoms with E-state index in [0.717, 1.165) is 11.8 Å². The van der Waals surface area contributed by atoms with E-state index < -0.39 is 55.2 Å². The molecule has 0 saturated heterocycles. The molecule has 0 radical (unpaired) electrons. The van der Waals surface area contributed by atoms with Gasteiger partial charge in [-0.2, -0.15) is 0 Å². The molecular weight excluding hydrogens is 330 g/mol. The van der Waals surface area contributed by atoms with E-state index in [-0.39, 0.29) is 10.9 Å². The van der Waals surface area contributed by atoms with Crippen LogP contribution in [0.2, 0.25) is 0 Å². The van der Waals surface area contributed by atoms with Crippen LogP contribution in [-0.2, 0) is 24.0 Å². The number of aliphatic carboxylic acids is 3. The minimum Gasteiger partial charge on any atom is -0.481 e. The van der Waals surface area contributed by atoms with E-state index in [9.17, 15) is 29.1 Å². The molecule has 3 N–H and O–H groups in total. The lowest BCUT2D eigenvalue weighted by Gasteiger charge is -2.29. The first-order valence-electron chi connectivity index (χ1n) is 6.66. The van der Waals surface area contributed by atoms with Crippen molar-refractivity contribution in [2.45, 2.75) is 32.7 Å². The summed E-state index contributed by atoms with van der Waals surface area (Å²) in [6.45, 7) is 1.90. The fraction of sp³-hybridized carbons (Fsp3) is 0.615. The zero-order valence-electron chi connectivity index (χ0n) is 12.7. The van der Waals surface area contributed by atoms with E-state index in [1.54, 1.807) is 0 Å². The van der Waals surface area contributed by atoms with Crippen molar-refractivity contribution in [3.63, 3.8) is 0 Å². The van der Waals surface area contributed by atoms with Crippen molar-refractivity contribution in [2.24, 2.45) is 5.92 Å². The number of carboxylic acid groups (broad SMARTS) is 3. The molecule has 0 rings (SSSR count). The second-order valence-corrected chi connectivity index (χ2v) is 6.05. The number of nitrogens with zero attached hydrogens (tertiary/aromatic N) is 1. The number of carbonyl (C=O) groups is 5. The van der Waals surface area contributed by atoms with Crippen molar-refractivity contribution >= 4 is 40.7 Å². The monoisotopic (exact) mass is 349 g/mol. The van der Waals surface area contributed by atoms with Gasteiger partial charge in [-0.1, -0.05) is 18.7 Å². The molecule has 0 aromatic rings. The lowest BCUT2D eigenvalue weighted by Crippen LogP contribution is -2.50. The van der Waals surface area contributed by atoms with E-state index in [2.05, 4.69) is 0 Å². The van der Waals surface area contributed by atoms with Crippen LogP contribution < -0.4 is 0 Å². The second kappa shape index (κ2) is 9.82. The van der Waals surface area contributed by atoms with Gasteiger partial charge in [0.25, 0.3) is 0 Å². The van der Waals surface area contributed by atoms with Gasteiger partial charge in [-0.3, -0.25) is 19.2 Å². The molecule has 130 valence electrons. The SMILES string of the molecule is CC(=O)SC[C@@H](C)C(=O)N(CC(=O)O)[C@@H](CCC(=O)O)C(=O)O. The van der Waals surface area contributed by atoms with Gasteiger partial charge in [0, 0.05) is 25.0 Å². The van der Waals surface area contributed by atoms with Crippen molar-refractivity contribution in [2.75, 3.05) is 12.3 Å². The van der Waals surface area contributed by atoms with Crippen LogP contribution in [0, 0.1) is 5.92 Å². The second-order valence-electron chi connectivity index (χ2n) is 4.85. The molecule has 0 saturated carbocycles. The van der Waals surface area contributed by atoms with Gasteiger partial charge < -0.3 is 20.2 Å². The molecule has 0 bridgehead atoms. The van der Waals surface area contributed by atoms with E-state index in [4.69, 9.17) is 10.2 Å². The Balaban J connectivity index is 5.23. The maximum absolute atomic E-state index is 12.3. The van der Waals surface area contributed by atoms with Crippen LogP contribution in [0.3, 0.4) is 0 Å². The predicted molar refractivity (Wildman–Crippen MR) is 79.9 cm³/mol. The molecule has 0 aliphatic rings. The van der Waals surface area contributed by atoms with E-state index in [0.29, 0.717) is 4.90 Å². The Morgan fingerprint density at radius 2 is 1.61 bits per heavy atom. The van der Waals surface area contributed by atoms with Crippen LogP contribution in [-0.4, -0.2) is 67.5 Å². The fourth-order valence-electron chi connectivity index (χ4n) is 1.76. The summed E-state index contributed by atoms with van der Waals surface area (Å²) in [5.41, 5.74) is 0. The Morgan fingerprint density at radius 3 is 2.00 bits per heavy atom. The van der Waals surface area contributed by atoms with Gasteiger partial charge in [0.1, 0.15) is 12.6 Å². The van der Waals surface area contributed by atoms with Crippen LogP contribution in [0.25, 0.3) is 0 Å². The molecule has 23 heavy (non-hydrogen) atoms. The average molecular weight is 349 g/mol. The number of hydrogen-bond donors (Lipinski definition) is 3. The summed E-state index contributed by atoms with van der Waals surface area (Å²) in [7, 11) is 0. The average Bonchev–Trinajstić information content (AvgIpc) is 2.41. The van der Waals surface area contributed by atoms with Gasteiger partial charge >= 0.3 is 17.9 Å². The molecule has 10 heteroatoms. The topological polar surface area (TPSA) is 149 Å². The molecule has 0 spiro atoms. The maximum Gasteiger partial charge on any atom is 0.326 e. The summed E-state index contributed by atoms with van der Waals surface area (Å²) >= 11 is 0.867. The lowest BCUT2D eigenvalue weighted by molar-refractivity contribution is -0.156. The van der Waals surface area contributed by atoms with Crippen molar-refractivity contribution in [3.8, 4) is 0 Å². The highest BCUT2D eigenvalue weighted by Gasteiger charge is 2.33. The number of amides is 1. The maximum atomic E-state index is 12.3. The predicted octanol–water partition coefficient (Wildman–Crippen LogP) is 0.133. The van der Waals surface area contributed by atoms with Crippen LogP contribution in [0.15, 0.2) is 0 Å². The van der Waals surface area contributed by atoms with Crippen LogP contribution in [0.1, 0.15) is 26.7 Å². The number of hydrogen-bond acceptors (Lipinski definition) is 6. The largest absolute Gasteiger partial charge is 0.481 e. The van der Waals surface area contributed by atoms with Gasteiger partial charge in [0.15, 0.2) is 5.12 Å². The Bertz CT molecular complexity index is 492. The molecule has 0 unspecified atom stereocenters. The van der Waals surface area contributed by atoms with Crippen molar-refractivity contribution < 1.29 is 39.3 Å². The molecule has 0 aromatic carbocycles. The summed E-state index contributed by atoms with van der Waals surface area (Å²) in [6, 6.07) is -1.56. The Hall–Kier alpha value is -2.10. The molecule has 0 aromatic heterocycles. The van der Waals surface area contributed by atoms with Crippen LogP contribution >= 0.6 is 11.8 Å². The zero-order valence-corrected chi connectivity index (χ0v) is 13.5. The molecule has 0 aliphatic carbocycles. The van der Waals surface area contributed by atoms with Crippen molar-refractivity contribution in [1.29, 1.82) is 0 Å². The van der Waals surface area contributed by atoms with Crippen LogP contribution in [0.4, 0.5) is 0 Å². The Morgan fingerprint density at radius 1 is 1.04 bits per heavy atom. The molecular formula is C13H19NO8S. The van der Waals surface area contributed by atoms with Crippen LogP contribution in [0.5, 0.6) is 0 Å². The lowest BCUT2D eigenvalue weighted by atomic mass is 10.1. The first-order chi connectivity index (χ1) is 10.6. The number of carbonyl (C=O) groups excluding carboxylic acids is 2. The summed E-state index contributed by atoms with van der Waals surface area (Å²) < 4.78 is 0. The van der Waals surface area contributed by atoms with Gasteiger partial charge in [-0.25, -0.2) is 4.79 Å². The van der Waals surface area contributed by atoms with Crippen molar-refractivity contribution in [1.82, 2.24) is 4.90 Å². The summed E-state index contributed by atoms with van der Waals surface area (Å²) in [4.78, 5) is 56.7. The van der Waals surface area contributed by atoms with Crippen molar-refractivity contribution in [3.05, 3.63) is 0 Å². The third-order valence-electron chi connectivity index (χ3n) is 2.84. The third-order valence-corrected chi connectivity index (χ3v) is 3.91. The fourth-order valence-corrected chi connectivity index (χ4v) is 2.38. The molecule has 2 atom stereocenters. The molecule has 0 heterocycles. The zero-order chi connectivity index (χ0) is 18.2. The van der Waals surface area contributed by atoms with E-state index in [1.807, 2.05) is 0 Å². The standard InChI is InChI=1S/C13H19NO8S/c1-7(6-23-8(2)15)12(20)14(5-11(18)19)9(13(21)22)3-4-10(16)17/h7,9H,3-6H2,1-2H3,(H,16,17)(H,18,19)(H,21,22)/t7-,9+/m1/s1. The van der Waals surface area contributed by atoms with Gasteiger partial charge in [-0.05, 0) is 6.42 Å². The van der Waals surface area contributed by atoms with Gasteiger partial charge in [0.05, 0.1) is 0 Å². The normalized spacial score (nSPS) is 13.0. The summed E-state index contributed by atoms with van der Waals surface area (Å²) in [5, 5.41) is 26.5. The number of carboxylic acids is 3. The highest BCUT2D eigenvalue weighted by molar-refractivity contribution is 8.13. The summed E-state index contributed by atoms with van der Waals surface area (Å²) in [6.07, 6.45) is -0.923. The van der Waals surface area contributed by atoms with E-state index in [1.165, 1.54) is 13.8 Å². The highest BCUT2D eigenvalue weighted by Crippen LogP contribution is 2.16. The summed E-state index contributed by atoms with van der Waals surface area (Å²) in [5.74, 6) is -5.60. The Labute approximate surface area is 136 Å². The first-order valence-corrected chi connectivity index (χ1v) is 7.65. The van der Waals surface area contributed by atoms with E-state index >= 15 is 0 Å². The molecule has 9 nitrogen and oxygen atoms in total. The smallest absolute Gasteiger partial charge is 0.326 e. The Kier molecular flexibility index (Phi) is 8.93. The first kappa shape index (κ1) is 20.9. The molecule has 0 aliphatic heterocycles. The highest BCUT2D eigenvalue weighted by atomic mass is 32.2. The third kappa shape index (κ3) is 8.19. The minimum atomic E-state index is -1.56. The molecule has 1 amide bonds. The number of thioether (sulfide) groups is 1.